The monoisotopic (exact) mass is 150 g/mol. The van der Waals surface area contributed by atoms with E-state index in [2.05, 4.69) is 0 Å². The molecule has 0 rings (SSSR count). The largest absolute Gasteiger partial charge is 0.504 e. The Morgan fingerprint density at radius 3 is 2.22 bits per heavy atom. The lowest BCUT2D eigenvalue weighted by atomic mass is 10.6. The summed E-state index contributed by atoms with van der Waals surface area (Å²) in [6.07, 6.45) is 1.83. The van der Waals surface area contributed by atoms with E-state index >= 15 is 0 Å². The summed E-state index contributed by atoms with van der Waals surface area (Å²) < 4.78 is 10.8. The number of hydrogen-bond acceptors (Lipinski definition) is 3. The van der Waals surface area contributed by atoms with Crippen LogP contribution in [-0.4, -0.2) is 17.3 Å². The lowest BCUT2D eigenvalue weighted by molar-refractivity contribution is -0.233. The van der Waals surface area contributed by atoms with Crippen molar-refractivity contribution in [3.8, 4) is 0 Å². The first-order valence-electron chi connectivity index (χ1n) is 2.68. The average Bonchev–Trinajstić information content (AvgIpc) is 1.65. The van der Waals surface area contributed by atoms with Crippen molar-refractivity contribution in [3.05, 3.63) is 0 Å². The van der Waals surface area contributed by atoms with E-state index in [0.29, 0.717) is 6.42 Å². The molecule has 1 atom stereocenters. The standard InChI is InChI=1S/C5H10O3S/c1-3-4-9(2,8)5(6)7/h3-4H2,1-2H3. The van der Waals surface area contributed by atoms with Gasteiger partial charge in [-0.2, -0.15) is 0 Å². The van der Waals surface area contributed by atoms with Crippen LogP contribution in [-0.2, 0) is 14.1 Å². The molecular formula is C5H10O3S. The van der Waals surface area contributed by atoms with E-state index in [1.54, 1.807) is 6.92 Å². The van der Waals surface area contributed by atoms with Gasteiger partial charge in [-0.05, 0) is 6.42 Å². The summed E-state index contributed by atoms with van der Waals surface area (Å²) in [6, 6.07) is 0. The van der Waals surface area contributed by atoms with Crippen LogP contribution in [0.25, 0.3) is 0 Å². The van der Waals surface area contributed by atoms with Gasteiger partial charge in [0.1, 0.15) is 21.9 Å². The Balaban J connectivity index is 4.04. The molecule has 0 amide bonds. The normalized spacial score (nSPS) is 16.7. The summed E-state index contributed by atoms with van der Waals surface area (Å²) in [5, 5.41) is 8.60. The van der Waals surface area contributed by atoms with Crippen LogP contribution < -0.4 is 5.11 Å². The molecule has 1 unspecified atom stereocenters. The number of carbonyl (C=O) groups excluding carboxylic acids is 1. The van der Waals surface area contributed by atoms with Gasteiger partial charge < -0.3 is 9.90 Å². The summed E-state index contributed by atoms with van der Waals surface area (Å²) in [7, 11) is -2.69. The molecule has 9 heavy (non-hydrogen) atoms. The molecule has 54 valence electrons. The SMILES string of the molecule is CCC[S+](C)(=O)C(=O)[O-]. The number of carbonyl (C=O) groups is 1. The fraction of sp³-hybridized carbons (Fsp3) is 0.800. The van der Waals surface area contributed by atoms with Gasteiger partial charge in [-0.15, -0.1) is 0 Å². The molecule has 0 heterocycles. The second kappa shape index (κ2) is 2.96. The molecule has 0 spiro atoms. The molecule has 0 saturated heterocycles. The van der Waals surface area contributed by atoms with Crippen molar-refractivity contribution in [2.24, 2.45) is 0 Å². The van der Waals surface area contributed by atoms with Gasteiger partial charge in [0.15, 0.2) is 0 Å². The van der Waals surface area contributed by atoms with E-state index in [0.717, 1.165) is 0 Å². The Hall–Kier alpha value is -0.380. The molecule has 0 aromatic heterocycles. The van der Waals surface area contributed by atoms with E-state index < -0.39 is 15.2 Å². The highest BCUT2D eigenvalue weighted by Crippen LogP contribution is 2.00. The third-order valence-electron chi connectivity index (χ3n) is 0.946. The summed E-state index contributed by atoms with van der Waals surface area (Å²) in [6.45, 7) is 1.78. The minimum absolute atomic E-state index is 0.218. The number of rotatable bonds is 2. The Morgan fingerprint density at radius 2 is 2.11 bits per heavy atom. The van der Waals surface area contributed by atoms with Gasteiger partial charge in [0, 0.05) is 0 Å². The molecule has 0 N–H and O–H groups in total. The maximum Gasteiger partial charge on any atom is 0.275 e. The van der Waals surface area contributed by atoms with Gasteiger partial charge in [-0.25, -0.2) is 0 Å². The quantitative estimate of drug-likeness (QED) is 0.515. The van der Waals surface area contributed by atoms with Gasteiger partial charge in [-0.1, -0.05) is 11.1 Å². The fourth-order valence-electron chi connectivity index (χ4n) is 0.473. The second-order valence-corrected chi connectivity index (χ2v) is 4.71. The number of carboxylic acid groups (broad SMARTS) is 1. The van der Waals surface area contributed by atoms with Crippen LogP contribution in [0.1, 0.15) is 13.3 Å². The highest BCUT2D eigenvalue weighted by Gasteiger charge is 2.21. The van der Waals surface area contributed by atoms with E-state index in [-0.39, 0.29) is 5.75 Å². The van der Waals surface area contributed by atoms with Gasteiger partial charge >= 0.3 is 0 Å². The molecule has 0 fully saturated rings. The summed E-state index contributed by atoms with van der Waals surface area (Å²) in [5.74, 6) is 0.218. The maximum absolute atomic E-state index is 10.8. The highest BCUT2D eigenvalue weighted by molar-refractivity contribution is 8.15. The predicted octanol–water partition coefficient (Wildman–Crippen LogP) is -0.131. The summed E-state index contributed by atoms with van der Waals surface area (Å²) in [5.41, 5.74) is 0. The Bertz CT molecular complexity index is 152. The first kappa shape index (κ1) is 8.62. The zero-order chi connectivity index (χ0) is 7.49. The van der Waals surface area contributed by atoms with Crippen LogP contribution in [0.5, 0.6) is 0 Å². The van der Waals surface area contributed by atoms with E-state index in [9.17, 15) is 14.1 Å². The van der Waals surface area contributed by atoms with Crippen molar-refractivity contribution in [1.29, 1.82) is 0 Å². The lowest BCUT2D eigenvalue weighted by Gasteiger charge is -2.03. The minimum Gasteiger partial charge on any atom is -0.504 e. The maximum atomic E-state index is 10.8. The molecule has 3 nitrogen and oxygen atoms in total. The Kier molecular flexibility index (Phi) is 2.84. The Labute approximate surface area is 55.5 Å². The third kappa shape index (κ3) is 2.60. The lowest BCUT2D eigenvalue weighted by Crippen LogP contribution is -2.36. The predicted molar refractivity (Wildman–Crippen MR) is 34.5 cm³/mol. The molecule has 0 radical (unpaired) electrons. The van der Waals surface area contributed by atoms with Crippen LogP contribution >= 0.6 is 0 Å². The minimum atomic E-state index is -2.69. The van der Waals surface area contributed by atoms with Crippen LogP contribution in [0, 0.1) is 0 Å². The number of hydrogen-bond donors (Lipinski definition) is 0. The molecule has 0 aliphatic rings. The van der Waals surface area contributed by atoms with Crippen molar-refractivity contribution in [2.75, 3.05) is 12.0 Å². The van der Waals surface area contributed by atoms with Crippen molar-refractivity contribution < 1.29 is 14.1 Å². The van der Waals surface area contributed by atoms with E-state index in [1.165, 1.54) is 6.26 Å². The van der Waals surface area contributed by atoms with Crippen molar-refractivity contribution in [1.82, 2.24) is 0 Å². The smallest absolute Gasteiger partial charge is 0.275 e. The Morgan fingerprint density at radius 1 is 1.67 bits per heavy atom. The third-order valence-corrected chi connectivity index (χ3v) is 2.84. The second-order valence-electron chi connectivity index (χ2n) is 1.96. The molecular weight excluding hydrogens is 140 g/mol. The van der Waals surface area contributed by atoms with E-state index in [4.69, 9.17) is 0 Å². The van der Waals surface area contributed by atoms with Crippen molar-refractivity contribution >= 4 is 15.2 Å². The van der Waals surface area contributed by atoms with E-state index in [1.807, 2.05) is 0 Å². The molecule has 0 aliphatic heterocycles. The molecule has 0 aliphatic carbocycles. The van der Waals surface area contributed by atoms with Gasteiger partial charge in [0.05, 0.1) is 0 Å². The molecule has 0 aromatic carbocycles. The summed E-state index contributed by atoms with van der Waals surface area (Å²) in [4.78, 5) is 10.0. The molecule has 0 saturated carbocycles. The fourth-order valence-corrected chi connectivity index (χ4v) is 1.42. The van der Waals surface area contributed by atoms with Gasteiger partial charge in [0.2, 0.25) is 0 Å². The first-order valence-corrected chi connectivity index (χ1v) is 4.82. The zero-order valence-electron chi connectivity index (χ0n) is 5.55. The van der Waals surface area contributed by atoms with Crippen LogP contribution in [0.15, 0.2) is 0 Å². The van der Waals surface area contributed by atoms with Crippen LogP contribution in [0.4, 0.5) is 4.79 Å². The zero-order valence-corrected chi connectivity index (χ0v) is 6.36. The van der Waals surface area contributed by atoms with Gasteiger partial charge in [0.25, 0.3) is 5.30 Å². The van der Waals surface area contributed by atoms with Gasteiger partial charge in [-0.3, -0.25) is 0 Å². The molecule has 0 aromatic rings. The summed E-state index contributed by atoms with van der Waals surface area (Å²) >= 11 is 0. The van der Waals surface area contributed by atoms with Crippen molar-refractivity contribution in [2.45, 2.75) is 13.3 Å². The topological polar surface area (TPSA) is 57.2 Å². The van der Waals surface area contributed by atoms with Crippen molar-refractivity contribution in [3.63, 3.8) is 0 Å². The first-order chi connectivity index (χ1) is 4.00. The van der Waals surface area contributed by atoms with Crippen LogP contribution in [0.2, 0.25) is 0 Å². The highest BCUT2D eigenvalue weighted by atomic mass is 32.2. The molecule has 4 heteroatoms. The molecule has 0 bridgehead atoms. The average molecular weight is 150 g/mol. The van der Waals surface area contributed by atoms with Crippen LogP contribution in [0.3, 0.4) is 0 Å².